The second-order valence-corrected chi connectivity index (χ2v) is 9.45. The number of benzene rings is 1. The molecule has 0 aliphatic carbocycles. The molecule has 0 radical (unpaired) electrons. The van der Waals surface area contributed by atoms with Crippen LogP contribution in [0.25, 0.3) is 11.3 Å². The third kappa shape index (κ3) is 8.68. The molecule has 184 valence electrons. The van der Waals surface area contributed by atoms with Crippen LogP contribution in [0.5, 0.6) is 0 Å². The van der Waals surface area contributed by atoms with E-state index in [9.17, 15) is 28.9 Å². The second kappa shape index (κ2) is 12.4. The molecule has 2 rings (SSSR count). The van der Waals surface area contributed by atoms with Crippen molar-refractivity contribution in [2.45, 2.75) is 39.3 Å². The zero-order valence-electron chi connectivity index (χ0n) is 19.1. The van der Waals surface area contributed by atoms with Crippen molar-refractivity contribution in [3.8, 4) is 11.3 Å². The standard InChI is InChI=1S/C22H29N4O7P/c1-14(2)20(26-34(31,32)33-13-24-15(3)27)21(28)25-19(22(29)30)12-16-7-9-17(10-8-16)18-6-4-5-11-23-18/h4-11,14,19-20H,12-13H2,1-3H3,(H,24,27)(H,25,28)(H,29,30)(H2,26,31,32)/t19-,20-/m0/s1. The fourth-order valence-electron chi connectivity index (χ4n) is 2.99. The van der Waals surface area contributed by atoms with Crippen LogP contribution in [-0.2, 0) is 29.9 Å². The van der Waals surface area contributed by atoms with Gasteiger partial charge in [-0.2, -0.15) is 0 Å². The Kier molecular flexibility index (Phi) is 9.88. The van der Waals surface area contributed by atoms with Gasteiger partial charge in [0, 0.05) is 25.1 Å². The maximum absolute atomic E-state index is 12.8. The fraction of sp³-hybridized carbons (Fsp3) is 0.364. The topological polar surface area (TPSA) is 167 Å². The van der Waals surface area contributed by atoms with Crippen molar-refractivity contribution in [1.29, 1.82) is 0 Å². The van der Waals surface area contributed by atoms with Gasteiger partial charge in [-0.05, 0) is 23.6 Å². The van der Waals surface area contributed by atoms with Gasteiger partial charge in [0.1, 0.15) is 12.8 Å². The van der Waals surface area contributed by atoms with Gasteiger partial charge in [0.25, 0.3) is 0 Å². The van der Waals surface area contributed by atoms with Crippen LogP contribution < -0.4 is 15.7 Å². The zero-order valence-corrected chi connectivity index (χ0v) is 20.0. The summed E-state index contributed by atoms with van der Waals surface area (Å²) in [4.78, 5) is 49.7. The smallest absolute Gasteiger partial charge is 0.405 e. The van der Waals surface area contributed by atoms with E-state index in [4.69, 9.17) is 4.52 Å². The van der Waals surface area contributed by atoms with E-state index in [1.807, 2.05) is 30.3 Å². The minimum Gasteiger partial charge on any atom is -0.480 e. The number of hydrogen-bond acceptors (Lipinski definition) is 6. The molecule has 3 atom stereocenters. The maximum Gasteiger partial charge on any atom is 0.405 e. The fourth-order valence-corrected chi connectivity index (χ4v) is 4.07. The van der Waals surface area contributed by atoms with Crippen LogP contribution in [0.2, 0.25) is 0 Å². The van der Waals surface area contributed by atoms with E-state index in [1.54, 1.807) is 32.2 Å². The van der Waals surface area contributed by atoms with Gasteiger partial charge in [-0.15, -0.1) is 0 Å². The highest BCUT2D eigenvalue weighted by Crippen LogP contribution is 2.37. The summed E-state index contributed by atoms with van der Waals surface area (Å²) in [5, 5.41) is 16.5. The third-order valence-corrected chi connectivity index (χ3v) is 5.86. The van der Waals surface area contributed by atoms with Gasteiger partial charge < -0.3 is 20.6 Å². The third-order valence-electron chi connectivity index (χ3n) is 4.78. The lowest BCUT2D eigenvalue weighted by Gasteiger charge is -2.26. The van der Waals surface area contributed by atoms with Gasteiger partial charge in [-0.3, -0.25) is 19.1 Å². The Morgan fingerprint density at radius 2 is 1.79 bits per heavy atom. The molecule has 0 aliphatic rings. The largest absolute Gasteiger partial charge is 0.480 e. The van der Waals surface area contributed by atoms with Crippen LogP contribution in [0.3, 0.4) is 0 Å². The molecular formula is C22H29N4O7P. The van der Waals surface area contributed by atoms with Crippen LogP contribution >= 0.6 is 7.75 Å². The number of aliphatic carboxylic acids is 1. The van der Waals surface area contributed by atoms with Crippen LogP contribution in [0.1, 0.15) is 26.3 Å². The van der Waals surface area contributed by atoms with E-state index in [0.717, 1.165) is 11.3 Å². The Morgan fingerprint density at radius 3 is 2.32 bits per heavy atom. The summed E-state index contributed by atoms with van der Waals surface area (Å²) in [5.41, 5.74) is 2.31. The van der Waals surface area contributed by atoms with Crippen molar-refractivity contribution in [3.05, 3.63) is 54.2 Å². The zero-order chi connectivity index (χ0) is 25.3. The molecule has 1 aromatic heterocycles. The molecular weight excluding hydrogens is 463 g/mol. The van der Waals surface area contributed by atoms with Crippen LogP contribution in [0.4, 0.5) is 0 Å². The highest BCUT2D eigenvalue weighted by Gasteiger charge is 2.33. The first-order chi connectivity index (χ1) is 16.0. The normalized spacial score (nSPS) is 14.6. The average Bonchev–Trinajstić information content (AvgIpc) is 2.77. The quantitative estimate of drug-likeness (QED) is 0.219. The van der Waals surface area contributed by atoms with Gasteiger partial charge in [0.2, 0.25) is 11.8 Å². The number of carboxylic acids is 1. The van der Waals surface area contributed by atoms with Gasteiger partial charge in [0.05, 0.1) is 11.7 Å². The lowest BCUT2D eigenvalue weighted by atomic mass is 10.0. The van der Waals surface area contributed by atoms with Crippen LogP contribution in [-0.4, -0.2) is 51.6 Å². The molecule has 0 saturated heterocycles. The Balaban J connectivity index is 2.06. The summed E-state index contributed by atoms with van der Waals surface area (Å²) in [6.07, 6.45) is 1.68. The number of nitrogens with zero attached hydrogens (tertiary/aromatic N) is 1. The molecule has 12 heteroatoms. The lowest BCUT2D eigenvalue weighted by Crippen LogP contribution is -2.52. The van der Waals surface area contributed by atoms with Crippen LogP contribution in [0, 0.1) is 5.92 Å². The highest BCUT2D eigenvalue weighted by molar-refractivity contribution is 7.50. The highest BCUT2D eigenvalue weighted by atomic mass is 31.2. The molecule has 2 aromatic rings. The van der Waals surface area contributed by atoms with Gasteiger partial charge in [-0.1, -0.05) is 44.2 Å². The van der Waals surface area contributed by atoms with Gasteiger partial charge in [-0.25, -0.2) is 14.4 Å². The average molecular weight is 492 g/mol. The molecule has 1 unspecified atom stereocenters. The number of rotatable bonds is 12. The van der Waals surface area contributed by atoms with Crippen molar-refractivity contribution in [2.24, 2.45) is 5.92 Å². The molecule has 0 aliphatic heterocycles. The molecule has 0 bridgehead atoms. The summed E-state index contributed by atoms with van der Waals surface area (Å²) < 4.78 is 17.0. The summed E-state index contributed by atoms with van der Waals surface area (Å²) in [5.74, 6) is -2.96. The molecule has 0 saturated carbocycles. The van der Waals surface area contributed by atoms with Crippen molar-refractivity contribution in [2.75, 3.05) is 6.73 Å². The molecule has 2 amide bonds. The number of carboxylic acid groups (broad SMARTS) is 1. The monoisotopic (exact) mass is 492 g/mol. The first kappa shape index (κ1) is 27.1. The Morgan fingerprint density at radius 1 is 1.12 bits per heavy atom. The molecule has 0 spiro atoms. The van der Waals surface area contributed by atoms with E-state index in [2.05, 4.69) is 20.7 Å². The first-order valence-electron chi connectivity index (χ1n) is 10.5. The van der Waals surface area contributed by atoms with Gasteiger partial charge >= 0.3 is 13.7 Å². The molecule has 5 N–H and O–H groups in total. The number of carbonyl (C=O) groups excluding carboxylic acids is 2. The first-order valence-corrected chi connectivity index (χ1v) is 12.1. The van der Waals surface area contributed by atoms with Crippen molar-refractivity contribution in [3.63, 3.8) is 0 Å². The minimum absolute atomic E-state index is 0.00417. The van der Waals surface area contributed by atoms with Crippen molar-refractivity contribution < 1.29 is 33.5 Å². The van der Waals surface area contributed by atoms with Gasteiger partial charge in [0.15, 0.2) is 0 Å². The number of carbonyl (C=O) groups is 3. The molecule has 1 aromatic carbocycles. The molecule has 11 nitrogen and oxygen atoms in total. The van der Waals surface area contributed by atoms with Crippen molar-refractivity contribution in [1.82, 2.24) is 20.7 Å². The summed E-state index contributed by atoms with van der Waals surface area (Å²) in [6, 6.07) is 10.2. The lowest BCUT2D eigenvalue weighted by molar-refractivity contribution is -0.142. The summed E-state index contributed by atoms with van der Waals surface area (Å²) >= 11 is 0. The maximum atomic E-state index is 12.8. The molecule has 0 fully saturated rings. The van der Waals surface area contributed by atoms with E-state index in [-0.39, 0.29) is 6.42 Å². The second-order valence-electron chi connectivity index (χ2n) is 7.89. The summed E-state index contributed by atoms with van der Waals surface area (Å²) in [6.45, 7) is 3.92. The number of amides is 2. The predicted molar refractivity (Wildman–Crippen MR) is 124 cm³/mol. The number of pyridine rings is 1. The Hall–Kier alpha value is -3.11. The minimum atomic E-state index is -4.46. The molecule has 1 heterocycles. The summed E-state index contributed by atoms with van der Waals surface area (Å²) in [7, 11) is -4.46. The predicted octanol–water partition coefficient (Wildman–Crippen LogP) is 1.69. The Labute approximate surface area is 197 Å². The van der Waals surface area contributed by atoms with E-state index < -0.39 is 50.3 Å². The Bertz CT molecular complexity index is 1030. The number of nitrogens with one attached hydrogen (secondary N) is 3. The SMILES string of the molecule is CC(=O)NCOP(=O)(O)N[C@H](C(=O)N[C@@H](Cc1ccc(-c2ccccn2)cc1)C(=O)O)C(C)C. The number of aromatic nitrogens is 1. The van der Waals surface area contributed by atoms with E-state index >= 15 is 0 Å². The van der Waals surface area contributed by atoms with E-state index in [1.165, 1.54) is 6.92 Å². The number of hydrogen-bond donors (Lipinski definition) is 5. The van der Waals surface area contributed by atoms with Crippen molar-refractivity contribution >= 4 is 25.5 Å². The van der Waals surface area contributed by atoms with E-state index in [0.29, 0.717) is 5.56 Å². The van der Waals surface area contributed by atoms with Crippen LogP contribution in [0.15, 0.2) is 48.7 Å². The molecule has 34 heavy (non-hydrogen) atoms.